The van der Waals surface area contributed by atoms with E-state index in [0.29, 0.717) is 5.92 Å². The second-order valence-corrected chi connectivity index (χ2v) is 4.84. The van der Waals surface area contributed by atoms with Gasteiger partial charge >= 0.3 is 0 Å². The topological polar surface area (TPSA) is 9.23 Å². The first kappa shape index (κ1) is 13.4. The molecular formula is C14H21ClO. The lowest BCUT2D eigenvalue weighted by Gasteiger charge is -2.17. The Hall–Kier alpha value is -0.690. The molecule has 0 N–H and O–H groups in total. The largest absolute Gasteiger partial charge is 0.494 e. The van der Waals surface area contributed by atoms with E-state index >= 15 is 0 Å². The second-order valence-electron chi connectivity index (χ2n) is 4.15. The maximum Gasteiger partial charge on any atom is 0.119 e. The SMILES string of the molecule is CCC(CCCOc1ccccc1)C(C)Cl. The Morgan fingerprint density at radius 1 is 1.25 bits per heavy atom. The van der Waals surface area contributed by atoms with Crippen LogP contribution in [0.2, 0.25) is 0 Å². The van der Waals surface area contributed by atoms with Crippen molar-refractivity contribution >= 4 is 11.6 Å². The van der Waals surface area contributed by atoms with E-state index in [1.54, 1.807) is 0 Å². The van der Waals surface area contributed by atoms with Gasteiger partial charge in [-0.15, -0.1) is 11.6 Å². The van der Waals surface area contributed by atoms with Crippen molar-refractivity contribution in [3.05, 3.63) is 30.3 Å². The quantitative estimate of drug-likeness (QED) is 0.504. The highest BCUT2D eigenvalue weighted by atomic mass is 35.5. The van der Waals surface area contributed by atoms with Gasteiger partial charge in [-0.05, 0) is 37.8 Å². The van der Waals surface area contributed by atoms with E-state index in [1.807, 2.05) is 30.3 Å². The van der Waals surface area contributed by atoms with Gasteiger partial charge in [0.25, 0.3) is 0 Å². The highest BCUT2D eigenvalue weighted by Crippen LogP contribution is 2.20. The zero-order chi connectivity index (χ0) is 11.8. The number of hydrogen-bond acceptors (Lipinski definition) is 1. The molecule has 0 spiro atoms. The summed E-state index contributed by atoms with van der Waals surface area (Å²) in [4.78, 5) is 0. The summed E-state index contributed by atoms with van der Waals surface area (Å²) in [6.07, 6.45) is 3.37. The minimum atomic E-state index is 0.265. The van der Waals surface area contributed by atoms with Gasteiger partial charge in [0.05, 0.1) is 6.61 Å². The van der Waals surface area contributed by atoms with Crippen molar-refractivity contribution in [1.82, 2.24) is 0 Å². The number of alkyl halides is 1. The molecule has 2 unspecified atom stereocenters. The van der Waals surface area contributed by atoms with Gasteiger partial charge in [-0.25, -0.2) is 0 Å². The number of benzene rings is 1. The maximum absolute atomic E-state index is 6.10. The predicted octanol–water partition coefficient (Wildman–Crippen LogP) is 4.50. The van der Waals surface area contributed by atoms with Crippen LogP contribution < -0.4 is 4.74 Å². The third-order valence-corrected chi connectivity index (χ3v) is 3.26. The van der Waals surface area contributed by atoms with Gasteiger partial charge in [-0.1, -0.05) is 31.5 Å². The molecule has 0 fully saturated rings. The van der Waals surface area contributed by atoms with Gasteiger partial charge in [0, 0.05) is 5.38 Å². The first-order valence-electron chi connectivity index (χ1n) is 6.06. The molecule has 1 aromatic rings. The number of rotatable bonds is 7. The molecule has 0 aliphatic rings. The molecule has 90 valence electrons. The summed E-state index contributed by atoms with van der Waals surface area (Å²) < 4.78 is 5.64. The van der Waals surface area contributed by atoms with Crippen molar-refractivity contribution in [2.24, 2.45) is 5.92 Å². The molecule has 16 heavy (non-hydrogen) atoms. The highest BCUT2D eigenvalue weighted by molar-refractivity contribution is 6.20. The molecule has 0 aliphatic carbocycles. The summed E-state index contributed by atoms with van der Waals surface area (Å²) in [7, 11) is 0. The normalized spacial score (nSPS) is 14.4. The van der Waals surface area contributed by atoms with Gasteiger partial charge in [-0.2, -0.15) is 0 Å². The molecule has 1 aromatic carbocycles. The molecule has 2 heteroatoms. The number of para-hydroxylation sites is 1. The first-order valence-corrected chi connectivity index (χ1v) is 6.49. The zero-order valence-corrected chi connectivity index (χ0v) is 10.9. The van der Waals surface area contributed by atoms with Crippen LogP contribution in [0.3, 0.4) is 0 Å². The van der Waals surface area contributed by atoms with Gasteiger partial charge in [0.2, 0.25) is 0 Å². The van der Waals surface area contributed by atoms with Gasteiger partial charge in [0.15, 0.2) is 0 Å². The van der Waals surface area contributed by atoms with Crippen LogP contribution in [0.15, 0.2) is 30.3 Å². The molecule has 1 rings (SSSR count). The van der Waals surface area contributed by atoms with Crippen molar-refractivity contribution < 1.29 is 4.74 Å². The van der Waals surface area contributed by atoms with Crippen molar-refractivity contribution in [2.45, 2.75) is 38.5 Å². The molecule has 0 aromatic heterocycles. The summed E-state index contributed by atoms with van der Waals surface area (Å²) in [5, 5.41) is 0.265. The standard InChI is InChI=1S/C14H21ClO/c1-3-13(12(2)15)8-7-11-16-14-9-5-4-6-10-14/h4-6,9-10,12-13H,3,7-8,11H2,1-2H3. The van der Waals surface area contributed by atoms with Crippen molar-refractivity contribution in [1.29, 1.82) is 0 Å². The van der Waals surface area contributed by atoms with E-state index in [9.17, 15) is 0 Å². The lowest BCUT2D eigenvalue weighted by Crippen LogP contribution is -2.11. The lowest BCUT2D eigenvalue weighted by atomic mass is 9.97. The Kier molecular flexibility index (Phi) is 6.32. The van der Waals surface area contributed by atoms with E-state index < -0.39 is 0 Å². The average molecular weight is 241 g/mol. The van der Waals surface area contributed by atoms with Crippen LogP contribution >= 0.6 is 11.6 Å². The molecule has 0 aliphatic heterocycles. The summed E-state index contributed by atoms with van der Waals surface area (Å²) in [6, 6.07) is 9.95. The minimum Gasteiger partial charge on any atom is -0.494 e. The summed E-state index contributed by atoms with van der Waals surface area (Å²) >= 11 is 6.10. The molecule has 0 saturated carbocycles. The Morgan fingerprint density at radius 3 is 2.50 bits per heavy atom. The third-order valence-electron chi connectivity index (χ3n) is 2.91. The molecule has 2 atom stereocenters. The smallest absolute Gasteiger partial charge is 0.119 e. The van der Waals surface area contributed by atoms with Crippen molar-refractivity contribution in [3.63, 3.8) is 0 Å². The molecule has 0 amide bonds. The molecule has 0 bridgehead atoms. The Bertz CT molecular complexity index is 271. The Labute approximate surface area is 104 Å². The zero-order valence-electron chi connectivity index (χ0n) is 10.2. The van der Waals surface area contributed by atoms with Crippen LogP contribution in [-0.2, 0) is 0 Å². The van der Waals surface area contributed by atoms with Crippen LogP contribution in [0.4, 0.5) is 0 Å². The fraction of sp³-hybridized carbons (Fsp3) is 0.571. The molecule has 1 nitrogen and oxygen atoms in total. The average Bonchev–Trinajstić information content (AvgIpc) is 2.30. The Morgan fingerprint density at radius 2 is 1.94 bits per heavy atom. The predicted molar refractivity (Wildman–Crippen MR) is 70.3 cm³/mol. The van der Waals surface area contributed by atoms with Gasteiger partial charge in [0.1, 0.15) is 5.75 Å². The second kappa shape index (κ2) is 7.56. The first-order chi connectivity index (χ1) is 7.74. The lowest BCUT2D eigenvalue weighted by molar-refractivity contribution is 0.289. The van der Waals surface area contributed by atoms with Crippen LogP contribution in [-0.4, -0.2) is 12.0 Å². The fourth-order valence-corrected chi connectivity index (χ4v) is 2.11. The van der Waals surface area contributed by atoms with Gasteiger partial charge in [-0.3, -0.25) is 0 Å². The summed E-state index contributed by atoms with van der Waals surface area (Å²) in [5.74, 6) is 1.57. The maximum atomic E-state index is 6.10. The van der Waals surface area contributed by atoms with Crippen LogP contribution in [0.25, 0.3) is 0 Å². The molecule has 0 saturated heterocycles. The third kappa shape index (κ3) is 4.89. The van der Waals surface area contributed by atoms with E-state index in [4.69, 9.17) is 16.3 Å². The minimum absolute atomic E-state index is 0.265. The fourth-order valence-electron chi connectivity index (χ4n) is 1.81. The van der Waals surface area contributed by atoms with Crippen molar-refractivity contribution in [2.75, 3.05) is 6.61 Å². The molecule has 0 radical (unpaired) electrons. The molecular weight excluding hydrogens is 220 g/mol. The van der Waals surface area contributed by atoms with E-state index in [-0.39, 0.29) is 5.38 Å². The number of halogens is 1. The highest BCUT2D eigenvalue weighted by Gasteiger charge is 2.11. The monoisotopic (exact) mass is 240 g/mol. The molecule has 0 heterocycles. The van der Waals surface area contributed by atoms with Crippen LogP contribution in [0.1, 0.15) is 33.1 Å². The van der Waals surface area contributed by atoms with E-state index in [2.05, 4.69) is 13.8 Å². The number of hydrogen-bond donors (Lipinski definition) is 0. The van der Waals surface area contributed by atoms with Crippen LogP contribution in [0, 0.1) is 5.92 Å². The Balaban J connectivity index is 2.16. The van der Waals surface area contributed by atoms with Crippen LogP contribution in [0.5, 0.6) is 5.75 Å². The van der Waals surface area contributed by atoms with E-state index in [1.165, 1.54) is 0 Å². The summed E-state index contributed by atoms with van der Waals surface area (Å²) in [6.45, 7) is 5.06. The number of ether oxygens (including phenoxy) is 1. The van der Waals surface area contributed by atoms with Crippen molar-refractivity contribution in [3.8, 4) is 5.75 Å². The summed E-state index contributed by atoms with van der Waals surface area (Å²) in [5.41, 5.74) is 0. The van der Waals surface area contributed by atoms with E-state index in [0.717, 1.165) is 31.6 Å². The van der Waals surface area contributed by atoms with Gasteiger partial charge < -0.3 is 4.74 Å².